The number of nitrogens with two attached hydrogens (primary N) is 1. The van der Waals surface area contributed by atoms with Gasteiger partial charge in [0.05, 0.1) is 5.56 Å². The summed E-state index contributed by atoms with van der Waals surface area (Å²) in [6.07, 6.45) is 0. The van der Waals surface area contributed by atoms with Crippen molar-refractivity contribution in [2.45, 2.75) is 19.9 Å². The van der Waals surface area contributed by atoms with Crippen molar-refractivity contribution in [1.82, 2.24) is 5.32 Å². The van der Waals surface area contributed by atoms with Crippen LogP contribution in [-0.4, -0.2) is 18.6 Å². The van der Waals surface area contributed by atoms with Crippen molar-refractivity contribution >= 4 is 11.6 Å². The number of hydrogen-bond donors (Lipinski definition) is 2. The van der Waals surface area contributed by atoms with E-state index in [1.54, 1.807) is 12.1 Å². The van der Waals surface area contributed by atoms with E-state index in [-0.39, 0.29) is 18.6 Å². The lowest BCUT2D eigenvalue weighted by Crippen LogP contribution is -2.34. The summed E-state index contributed by atoms with van der Waals surface area (Å²) in [7, 11) is 0. The molecule has 0 saturated carbocycles. The number of nitrogens with one attached hydrogen (secondary N) is 1. The van der Waals surface area contributed by atoms with E-state index in [2.05, 4.69) is 5.32 Å². The highest BCUT2D eigenvalue weighted by molar-refractivity contribution is 5.77. The molecule has 0 atom stereocenters. The first-order valence-electron chi connectivity index (χ1n) is 5.24. The molecular formula is C12H15N3O2. The Bertz CT molecular complexity index is 450. The number of ether oxygens (including phenoxy) is 1. The Labute approximate surface area is 100 Å². The van der Waals surface area contributed by atoms with E-state index < -0.39 is 0 Å². The maximum atomic E-state index is 11.3. The number of nitriles is 1. The zero-order valence-electron chi connectivity index (χ0n) is 9.86. The summed E-state index contributed by atoms with van der Waals surface area (Å²) in [5, 5.41) is 11.6. The summed E-state index contributed by atoms with van der Waals surface area (Å²) in [5.74, 6) is 0.140. The summed E-state index contributed by atoms with van der Waals surface area (Å²) in [4.78, 5) is 11.3. The summed E-state index contributed by atoms with van der Waals surface area (Å²) in [5.41, 5.74) is 6.35. The summed E-state index contributed by atoms with van der Waals surface area (Å²) in [6.45, 7) is 3.61. The number of anilines is 1. The fourth-order valence-corrected chi connectivity index (χ4v) is 1.27. The van der Waals surface area contributed by atoms with Gasteiger partial charge in [-0.05, 0) is 32.0 Å². The lowest BCUT2D eigenvalue weighted by Gasteiger charge is -2.10. The molecule has 5 nitrogen and oxygen atoms in total. The minimum atomic E-state index is -0.222. The van der Waals surface area contributed by atoms with E-state index >= 15 is 0 Å². The van der Waals surface area contributed by atoms with Gasteiger partial charge in [-0.1, -0.05) is 0 Å². The monoisotopic (exact) mass is 233 g/mol. The molecule has 0 radical (unpaired) electrons. The quantitative estimate of drug-likeness (QED) is 0.760. The van der Waals surface area contributed by atoms with Crippen LogP contribution in [0.4, 0.5) is 5.69 Å². The number of nitrogen functional groups attached to an aromatic ring is 1. The molecule has 0 aromatic heterocycles. The smallest absolute Gasteiger partial charge is 0.258 e. The highest BCUT2D eigenvalue weighted by atomic mass is 16.5. The number of amides is 1. The normalized spacial score (nSPS) is 9.76. The number of carbonyl (C=O) groups excluding carboxylic acids is 1. The van der Waals surface area contributed by atoms with Gasteiger partial charge in [-0.15, -0.1) is 0 Å². The van der Waals surface area contributed by atoms with Gasteiger partial charge in [-0.3, -0.25) is 4.79 Å². The van der Waals surface area contributed by atoms with Crippen molar-refractivity contribution in [2.24, 2.45) is 0 Å². The van der Waals surface area contributed by atoms with E-state index in [1.807, 2.05) is 19.9 Å². The molecule has 0 aliphatic heterocycles. The van der Waals surface area contributed by atoms with Gasteiger partial charge in [0.2, 0.25) is 0 Å². The van der Waals surface area contributed by atoms with Crippen LogP contribution in [0.2, 0.25) is 0 Å². The van der Waals surface area contributed by atoms with Crippen molar-refractivity contribution < 1.29 is 9.53 Å². The molecule has 0 saturated heterocycles. The van der Waals surface area contributed by atoms with Crippen LogP contribution in [0, 0.1) is 11.3 Å². The second-order valence-electron chi connectivity index (χ2n) is 3.88. The van der Waals surface area contributed by atoms with E-state index in [9.17, 15) is 4.79 Å². The second-order valence-corrected chi connectivity index (χ2v) is 3.88. The molecule has 0 unspecified atom stereocenters. The molecule has 90 valence electrons. The standard InChI is InChI=1S/C12H15N3O2/c1-8(2)15-12(16)7-17-11-4-3-10(14)5-9(11)6-13/h3-5,8H,7,14H2,1-2H3,(H,15,16). The Hall–Kier alpha value is -2.22. The van der Waals surface area contributed by atoms with Gasteiger partial charge in [-0.2, -0.15) is 5.26 Å². The third-order valence-corrected chi connectivity index (χ3v) is 1.93. The number of hydrogen-bond acceptors (Lipinski definition) is 4. The zero-order valence-corrected chi connectivity index (χ0v) is 9.86. The summed E-state index contributed by atoms with van der Waals surface area (Å²) >= 11 is 0. The SMILES string of the molecule is CC(C)NC(=O)COc1ccc(N)cc1C#N. The van der Waals surface area contributed by atoms with Crippen LogP contribution in [0.3, 0.4) is 0 Å². The molecule has 1 rings (SSSR count). The topological polar surface area (TPSA) is 88.1 Å². The first-order chi connectivity index (χ1) is 8.02. The molecule has 0 spiro atoms. The third-order valence-electron chi connectivity index (χ3n) is 1.93. The van der Waals surface area contributed by atoms with Crippen LogP contribution in [0.25, 0.3) is 0 Å². The van der Waals surface area contributed by atoms with Crippen molar-refractivity contribution in [3.05, 3.63) is 23.8 Å². The first kappa shape index (κ1) is 12.8. The van der Waals surface area contributed by atoms with E-state index in [0.29, 0.717) is 17.0 Å². The molecule has 0 fully saturated rings. The molecule has 1 aromatic carbocycles. The van der Waals surface area contributed by atoms with Gasteiger partial charge in [0.15, 0.2) is 6.61 Å². The van der Waals surface area contributed by atoms with Crippen LogP contribution >= 0.6 is 0 Å². The molecule has 0 heterocycles. The minimum absolute atomic E-state index is 0.0629. The predicted molar refractivity (Wildman–Crippen MR) is 64.3 cm³/mol. The largest absolute Gasteiger partial charge is 0.482 e. The van der Waals surface area contributed by atoms with Crippen LogP contribution in [0.5, 0.6) is 5.75 Å². The lowest BCUT2D eigenvalue weighted by atomic mass is 10.2. The van der Waals surface area contributed by atoms with Gasteiger partial charge in [0.25, 0.3) is 5.91 Å². The van der Waals surface area contributed by atoms with Crippen molar-refractivity contribution in [1.29, 1.82) is 5.26 Å². The van der Waals surface area contributed by atoms with Crippen molar-refractivity contribution in [3.8, 4) is 11.8 Å². The molecule has 5 heteroatoms. The van der Waals surface area contributed by atoms with Crippen molar-refractivity contribution in [2.75, 3.05) is 12.3 Å². The highest BCUT2D eigenvalue weighted by Crippen LogP contribution is 2.20. The van der Waals surface area contributed by atoms with Crippen LogP contribution in [-0.2, 0) is 4.79 Å². The predicted octanol–water partition coefficient (Wildman–Crippen LogP) is 1.04. The number of carbonyl (C=O) groups is 1. The van der Waals surface area contributed by atoms with Gasteiger partial charge in [0, 0.05) is 11.7 Å². The van der Waals surface area contributed by atoms with Gasteiger partial charge in [-0.25, -0.2) is 0 Å². The highest BCUT2D eigenvalue weighted by Gasteiger charge is 2.07. The Balaban J connectivity index is 2.64. The molecule has 1 amide bonds. The molecule has 3 N–H and O–H groups in total. The van der Waals surface area contributed by atoms with E-state index in [4.69, 9.17) is 15.7 Å². The molecule has 0 aliphatic rings. The van der Waals surface area contributed by atoms with Crippen LogP contribution in [0.1, 0.15) is 19.4 Å². The van der Waals surface area contributed by atoms with Gasteiger partial charge in [0.1, 0.15) is 11.8 Å². The fraction of sp³-hybridized carbons (Fsp3) is 0.333. The van der Waals surface area contributed by atoms with Crippen molar-refractivity contribution in [3.63, 3.8) is 0 Å². The number of benzene rings is 1. The molecule has 0 bridgehead atoms. The zero-order chi connectivity index (χ0) is 12.8. The molecule has 0 aliphatic carbocycles. The average molecular weight is 233 g/mol. The third kappa shape index (κ3) is 4.03. The van der Waals surface area contributed by atoms with E-state index in [0.717, 1.165) is 0 Å². The molecule has 1 aromatic rings. The minimum Gasteiger partial charge on any atom is -0.482 e. The fourth-order valence-electron chi connectivity index (χ4n) is 1.27. The first-order valence-corrected chi connectivity index (χ1v) is 5.24. The average Bonchev–Trinajstić information content (AvgIpc) is 2.26. The Morgan fingerprint density at radius 3 is 2.88 bits per heavy atom. The maximum absolute atomic E-state index is 11.3. The molecule has 17 heavy (non-hydrogen) atoms. The lowest BCUT2D eigenvalue weighted by molar-refractivity contribution is -0.123. The summed E-state index contributed by atoms with van der Waals surface area (Å²) in [6, 6.07) is 6.74. The van der Waals surface area contributed by atoms with Crippen LogP contribution < -0.4 is 15.8 Å². The second kappa shape index (κ2) is 5.75. The van der Waals surface area contributed by atoms with Gasteiger partial charge >= 0.3 is 0 Å². The van der Waals surface area contributed by atoms with Crippen LogP contribution in [0.15, 0.2) is 18.2 Å². The van der Waals surface area contributed by atoms with E-state index in [1.165, 1.54) is 6.07 Å². The Morgan fingerprint density at radius 2 is 2.29 bits per heavy atom. The Morgan fingerprint density at radius 1 is 1.59 bits per heavy atom. The Kier molecular flexibility index (Phi) is 4.35. The molecular weight excluding hydrogens is 218 g/mol. The number of nitrogens with zero attached hydrogens (tertiary/aromatic N) is 1. The van der Waals surface area contributed by atoms with Gasteiger partial charge < -0.3 is 15.8 Å². The number of rotatable bonds is 4. The summed E-state index contributed by atoms with van der Waals surface area (Å²) < 4.78 is 5.26. The maximum Gasteiger partial charge on any atom is 0.258 e.